The van der Waals surface area contributed by atoms with Crippen LogP contribution < -0.4 is 5.43 Å². The van der Waals surface area contributed by atoms with Crippen LogP contribution in [0.3, 0.4) is 0 Å². The molecule has 0 amide bonds. The van der Waals surface area contributed by atoms with Crippen molar-refractivity contribution >= 4 is 16.8 Å². The molecule has 0 aliphatic rings. The molecule has 3 heteroatoms. The smallest absolute Gasteiger partial charge is 0.0941 e. The van der Waals surface area contributed by atoms with Gasteiger partial charge in [0.1, 0.15) is 0 Å². The fourth-order valence-corrected chi connectivity index (χ4v) is 0.690. The highest BCUT2D eigenvalue weighted by Gasteiger charge is 1.81. The SMILES string of the molecule is C=CS/C(C)=N\NC. The molecule has 46 valence electrons. The molecular formula is C5H10N2S. The van der Waals surface area contributed by atoms with Crippen molar-refractivity contribution in [3.05, 3.63) is 12.0 Å². The second-order valence-electron chi connectivity index (χ2n) is 1.14. The first kappa shape index (κ1) is 7.56. The summed E-state index contributed by atoms with van der Waals surface area (Å²) in [6, 6.07) is 0. The molecule has 0 aromatic carbocycles. The van der Waals surface area contributed by atoms with Crippen LogP contribution in [0.2, 0.25) is 0 Å². The van der Waals surface area contributed by atoms with E-state index in [0.717, 1.165) is 5.04 Å². The van der Waals surface area contributed by atoms with Crippen LogP contribution in [-0.2, 0) is 0 Å². The zero-order valence-electron chi connectivity index (χ0n) is 5.14. The largest absolute Gasteiger partial charge is 0.312 e. The molecule has 0 heterocycles. The second kappa shape index (κ2) is 4.71. The summed E-state index contributed by atoms with van der Waals surface area (Å²) in [6.45, 7) is 5.46. The van der Waals surface area contributed by atoms with Crippen molar-refractivity contribution in [1.82, 2.24) is 5.43 Å². The van der Waals surface area contributed by atoms with Gasteiger partial charge in [-0.2, -0.15) is 5.10 Å². The van der Waals surface area contributed by atoms with Gasteiger partial charge in [0.05, 0.1) is 5.04 Å². The highest BCUT2D eigenvalue weighted by molar-refractivity contribution is 8.16. The zero-order chi connectivity index (χ0) is 6.41. The lowest BCUT2D eigenvalue weighted by Gasteiger charge is -1.90. The molecule has 0 atom stereocenters. The Bertz CT molecular complexity index is 98.6. The van der Waals surface area contributed by atoms with Crippen molar-refractivity contribution < 1.29 is 0 Å². The standard InChI is InChI=1S/C5H10N2S/c1-4-8-5(2)7-6-3/h4,6H,1H2,2-3H3/b7-5-. The molecule has 8 heavy (non-hydrogen) atoms. The van der Waals surface area contributed by atoms with Crippen LogP contribution in [0.4, 0.5) is 0 Å². The van der Waals surface area contributed by atoms with E-state index in [0.29, 0.717) is 0 Å². The lowest BCUT2D eigenvalue weighted by Crippen LogP contribution is -1.96. The minimum Gasteiger partial charge on any atom is -0.312 e. The van der Waals surface area contributed by atoms with Crippen LogP contribution in [-0.4, -0.2) is 12.1 Å². The van der Waals surface area contributed by atoms with Gasteiger partial charge in [-0.05, 0) is 12.3 Å². The summed E-state index contributed by atoms with van der Waals surface area (Å²) in [5.74, 6) is 0. The minimum atomic E-state index is 0.975. The van der Waals surface area contributed by atoms with Crippen LogP contribution in [0.15, 0.2) is 17.1 Å². The van der Waals surface area contributed by atoms with Gasteiger partial charge in [0.25, 0.3) is 0 Å². The van der Waals surface area contributed by atoms with Gasteiger partial charge < -0.3 is 5.43 Å². The molecule has 0 aliphatic heterocycles. The molecule has 0 saturated carbocycles. The maximum Gasteiger partial charge on any atom is 0.0941 e. The Morgan fingerprint density at radius 2 is 2.50 bits per heavy atom. The van der Waals surface area contributed by atoms with Crippen LogP contribution in [0.1, 0.15) is 6.92 Å². The Morgan fingerprint density at radius 1 is 1.88 bits per heavy atom. The molecule has 0 unspecified atom stereocenters. The molecule has 0 rings (SSSR count). The molecule has 0 aliphatic carbocycles. The third-order valence-corrected chi connectivity index (χ3v) is 1.12. The van der Waals surface area contributed by atoms with Gasteiger partial charge in [-0.15, -0.1) is 0 Å². The first-order chi connectivity index (χ1) is 3.81. The van der Waals surface area contributed by atoms with Crippen LogP contribution in [0.5, 0.6) is 0 Å². The van der Waals surface area contributed by atoms with Gasteiger partial charge >= 0.3 is 0 Å². The summed E-state index contributed by atoms with van der Waals surface area (Å²) in [6.07, 6.45) is 0. The topological polar surface area (TPSA) is 24.4 Å². The molecule has 0 fully saturated rings. The maximum absolute atomic E-state index is 3.87. The summed E-state index contributed by atoms with van der Waals surface area (Å²) < 4.78 is 0. The quantitative estimate of drug-likeness (QED) is 0.347. The number of rotatable bonds is 2. The van der Waals surface area contributed by atoms with Gasteiger partial charge in [0, 0.05) is 7.05 Å². The van der Waals surface area contributed by atoms with Gasteiger partial charge in [-0.1, -0.05) is 18.3 Å². The Morgan fingerprint density at radius 3 is 2.88 bits per heavy atom. The number of hydrogen-bond donors (Lipinski definition) is 1. The molecule has 0 spiro atoms. The second-order valence-corrected chi connectivity index (χ2v) is 2.30. The van der Waals surface area contributed by atoms with E-state index in [4.69, 9.17) is 0 Å². The van der Waals surface area contributed by atoms with Crippen molar-refractivity contribution in [1.29, 1.82) is 0 Å². The fraction of sp³-hybridized carbons (Fsp3) is 0.400. The van der Waals surface area contributed by atoms with Crippen molar-refractivity contribution in [3.63, 3.8) is 0 Å². The average Bonchev–Trinajstić information content (AvgIpc) is 1.68. The Labute approximate surface area is 54.0 Å². The highest BCUT2D eigenvalue weighted by atomic mass is 32.2. The summed E-state index contributed by atoms with van der Waals surface area (Å²) in [7, 11) is 1.77. The molecule has 0 radical (unpaired) electrons. The van der Waals surface area contributed by atoms with E-state index in [1.807, 2.05) is 6.92 Å². The van der Waals surface area contributed by atoms with Crippen molar-refractivity contribution in [2.45, 2.75) is 6.92 Å². The van der Waals surface area contributed by atoms with Crippen molar-refractivity contribution in [3.8, 4) is 0 Å². The van der Waals surface area contributed by atoms with E-state index in [2.05, 4.69) is 17.1 Å². The zero-order valence-corrected chi connectivity index (χ0v) is 5.96. The lowest BCUT2D eigenvalue weighted by molar-refractivity contribution is 0.905. The third kappa shape index (κ3) is 3.74. The number of thioether (sulfide) groups is 1. The van der Waals surface area contributed by atoms with E-state index in [1.165, 1.54) is 11.8 Å². The van der Waals surface area contributed by atoms with Crippen LogP contribution >= 0.6 is 11.8 Å². The summed E-state index contributed by atoms with van der Waals surface area (Å²) in [5.41, 5.74) is 2.67. The third-order valence-electron chi connectivity index (χ3n) is 0.523. The molecule has 0 aromatic heterocycles. The summed E-state index contributed by atoms with van der Waals surface area (Å²) in [5, 5.41) is 6.59. The number of nitrogens with zero attached hydrogens (tertiary/aromatic N) is 1. The summed E-state index contributed by atoms with van der Waals surface area (Å²) in [4.78, 5) is 0. The van der Waals surface area contributed by atoms with Gasteiger partial charge in [0.15, 0.2) is 0 Å². The Kier molecular flexibility index (Phi) is 4.45. The first-order valence-electron chi connectivity index (χ1n) is 2.30. The molecular weight excluding hydrogens is 120 g/mol. The van der Waals surface area contributed by atoms with Gasteiger partial charge in [-0.25, -0.2) is 0 Å². The van der Waals surface area contributed by atoms with Crippen LogP contribution in [0, 0.1) is 0 Å². The Balaban J connectivity index is 3.44. The molecule has 0 bridgehead atoms. The van der Waals surface area contributed by atoms with Crippen LogP contribution in [0.25, 0.3) is 0 Å². The van der Waals surface area contributed by atoms with E-state index in [-0.39, 0.29) is 0 Å². The highest BCUT2D eigenvalue weighted by Crippen LogP contribution is 2.01. The predicted molar refractivity (Wildman–Crippen MR) is 40.0 cm³/mol. The molecule has 2 nitrogen and oxygen atoms in total. The monoisotopic (exact) mass is 130 g/mol. The number of nitrogens with one attached hydrogen (secondary N) is 1. The number of hydrazone groups is 1. The summed E-state index contributed by atoms with van der Waals surface area (Å²) >= 11 is 1.51. The molecule has 0 aromatic rings. The number of hydrogen-bond acceptors (Lipinski definition) is 3. The lowest BCUT2D eigenvalue weighted by atomic mass is 10.9. The van der Waals surface area contributed by atoms with Crippen molar-refractivity contribution in [2.24, 2.45) is 5.10 Å². The maximum atomic E-state index is 3.87. The van der Waals surface area contributed by atoms with Gasteiger partial charge in [0.2, 0.25) is 0 Å². The predicted octanol–water partition coefficient (Wildman–Crippen LogP) is 1.42. The van der Waals surface area contributed by atoms with E-state index in [9.17, 15) is 0 Å². The van der Waals surface area contributed by atoms with E-state index >= 15 is 0 Å². The van der Waals surface area contributed by atoms with E-state index < -0.39 is 0 Å². The minimum absolute atomic E-state index is 0.975. The van der Waals surface area contributed by atoms with Gasteiger partial charge in [-0.3, -0.25) is 0 Å². The Hall–Kier alpha value is -0.440. The molecule has 1 N–H and O–H groups in total. The normalized spacial score (nSPS) is 11.0. The first-order valence-corrected chi connectivity index (χ1v) is 3.17. The molecule has 0 saturated heterocycles. The van der Waals surface area contributed by atoms with Crippen molar-refractivity contribution in [2.75, 3.05) is 7.05 Å². The fourth-order valence-electron chi connectivity index (χ4n) is 0.304. The van der Waals surface area contributed by atoms with E-state index in [1.54, 1.807) is 12.5 Å². The average molecular weight is 130 g/mol.